The van der Waals surface area contributed by atoms with Gasteiger partial charge >= 0.3 is 0 Å². The van der Waals surface area contributed by atoms with Crippen molar-refractivity contribution in [2.45, 2.75) is 12.8 Å². The number of hydrogen-bond donors (Lipinski definition) is 2. The number of nitrogens with one attached hydrogen (secondary N) is 2. The van der Waals surface area contributed by atoms with E-state index in [1.807, 2.05) is 18.2 Å². The van der Waals surface area contributed by atoms with Gasteiger partial charge in [0.15, 0.2) is 5.11 Å². The Labute approximate surface area is 124 Å². The molecule has 0 saturated carbocycles. The third-order valence-electron chi connectivity index (χ3n) is 3.04. The summed E-state index contributed by atoms with van der Waals surface area (Å²) in [7, 11) is 0. The van der Waals surface area contributed by atoms with Gasteiger partial charge in [-0.1, -0.05) is 37.3 Å². The number of rotatable bonds is 4. The first kappa shape index (κ1) is 14.5. The van der Waals surface area contributed by atoms with Gasteiger partial charge in [0.1, 0.15) is 5.82 Å². The molecule has 2 aromatic rings. The van der Waals surface area contributed by atoms with Gasteiger partial charge in [0, 0.05) is 12.2 Å². The van der Waals surface area contributed by atoms with Crippen LogP contribution in [-0.4, -0.2) is 11.7 Å². The molecule has 0 saturated heterocycles. The predicted octanol–water partition coefficient (Wildman–Crippen LogP) is 3.92. The predicted molar refractivity (Wildman–Crippen MR) is 85.5 cm³/mol. The molecular formula is C16H17FN2S. The molecule has 0 fully saturated rings. The van der Waals surface area contributed by atoms with Crippen LogP contribution in [0.15, 0.2) is 54.6 Å². The molecule has 0 aliphatic carbocycles. The zero-order chi connectivity index (χ0) is 14.4. The number of benzene rings is 2. The molecule has 0 unspecified atom stereocenters. The van der Waals surface area contributed by atoms with E-state index in [0.717, 1.165) is 12.2 Å². The minimum atomic E-state index is -0.257. The molecule has 2 N–H and O–H groups in total. The van der Waals surface area contributed by atoms with Gasteiger partial charge in [-0.05, 0) is 48.0 Å². The van der Waals surface area contributed by atoms with E-state index in [9.17, 15) is 4.39 Å². The molecule has 0 radical (unpaired) electrons. The number of hydrogen-bond acceptors (Lipinski definition) is 1. The third kappa shape index (κ3) is 4.31. The maximum absolute atomic E-state index is 12.8. The second kappa shape index (κ2) is 7.01. The summed E-state index contributed by atoms with van der Waals surface area (Å²) >= 11 is 5.22. The van der Waals surface area contributed by atoms with Crippen molar-refractivity contribution >= 4 is 23.0 Å². The largest absolute Gasteiger partial charge is 0.362 e. The van der Waals surface area contributed by atoms with Crippen LogP contribution in [0.1, 0.15) is 18.4 Å². The van der Waals surface area contributed by atoms with Crippen LogP contribution >= 0.6 is 12.2 Å². The molecular weight excluding hydrogens is 271 g/mol. The fourth-order valence-electron chi connectivity index (χ4n) is 1.85. The molecule has 2 nitrogen and oxygen atoms in total. The molecule has 0 heterocycles. The van der Waals surface area contributed by atoms with Crippen molar-refractivity contribution < 1.29 is 4.39 Å². The Kier molecular flexibility index (Phi) is 5.07. The number of halogens is 1. The van der Waals surface area contributed by atoms with Crippen molar-refractivity contribution in [1.82, 2.24) is 5.32 Å². The Morgan fingerprint density at radius 2 is 1.75 bits per heavy atom. The van der Waals surface area contributed by atoms with Crippen molar-refractivity contribution in [1.29, 1.82) is 0 Å². The first-order chi connectivity index (χ1) is 9.65. The second-order valence-corrected chi connectivity index (χ2v) is 5.06. The first-order valence-electron chi connectivity index (χ1n) is 6.50. The van der Waals surface area contributed by atoms with Crippen LogP contribution in [0.5, 0.6) is 0 Å². The lowest BCUT2D eigenvalue weighted by Crippen LogP contribution is -2.31. The highest BCUT2D eigenvalue weighted by Crippen LogP contribution is 2.13. The molecule has 4 heteroatoms. The highest BCUT2D eigenvalue weighted by atomic mass is 32.1. The van der Waals surface area contributed by atoms with Crippen LogP contribution in [0.4, 0.5) is 10.1 Å². The molecule has 0 bridgehead atoms. The average molecular weight is 288 g/mol. The molecule has 0 aromatic heterocycles. The fourth-order valence-corrected chi connectivity index (χ4v) is 2.05. The number of thiocarbonyl (C=S) groups is 1. The van der Waals surface area contributed by atoms with E-state index in [2.05, 4.69) is 29.7 Å². The van der Waals surface area contributed by atoms with Crippen LogP contribution in [0, 0.1) is 5.82 Å². The summed E-state index contributed by atoms with van der Waals surface area (Å²) in [6, 6.07) is 16.4. The Balaban J connectivity index is 1.82. The standard InChI is InChI=1S/C16H17FN2S/c1-12(13-5-3-2-4-6-13)11-18-16(20)19-15-9-7-14(17)8-10-15/h2-10,12H,11H2,1H3,(H2,18,19,20)/t12-/m1/s1. The van der Waals surface area contributed by atoms with Gasteiger partial charge in [-0.3, -0.25) is 0 Å². The van der Waals surface area contributed by atoms with Gasteiger partial charge in [-0.15, -0.1) is 0 Å². The summed E-state index contributed by atoms with van der Waals surface area (Å²) in [5.74, 6) is 0.108. The maximum Gasteiger partial charge on any atom is 0.170 e. The lowest BCUT2D eigenvalue weighted by Gasteiger charge is -2.15. The molecule has 2 aromatic carbocycles. The van der Waals surface area contributed by atoms with E-state index in [1.165, 1.54) is 17.7 Å². The Morgan fingerprint density at radius 3 is 2.40 bits per heavy atom. The minimum absolute atomic E-state index is 0.257. The van der Waals surface area contributed by atoms with Gasteiger partial charge < -0.3 is 10.6 Å². The van der Waals surface area contributed by atoms with Crippen molar-refractivity contribution in [3.63, 3.8) is 0 Å². The van der Waals surface area contributed by atoms with E-state index in [0.29, 0.717) is 11.0 Å². The van der Waals surface area contributed by atoms with Crippen molar-refractivity contribution in [3.8, 4) is 0 Å². The average Bonchev–Trinajstić information content (AvgIpc) is 2.48. The summed E-state index contributed by atoms with van der Waals surface area (Å²) in [6.07, 6.45) is 0. The van der Waals surface area contributed by atoms with E-state index >= 15 is 0 Å². The zero-order valence-corrected chi connectivity index (χ0v) is 12.1. The molecule has 0 aliphatic heterocycles. The maximum atomic E-state index is 12.8. The third-order valence-corrected chi connectivity index (χ3v) is 3.29. The summed E-state index contributed by atoms with van der Waals surface area (Å²) in [5.41, 5.74) is 2.04. The smallest absolute Gasteiger partial charge is 0.170 e. The van der Waals surface area contributed by atoms with Crippen molar-refractivity contribution in [2.24, 2.45) is 0 Å². The van der Waals surface area contributed by atoms with E-state index in [1.54, 1.807) is 12.1 Å². The molecule has 0 spiro atoms. The van der Waals surface area contributed by atoms with Gasteiger partial charge in [0.05, 0.1) is 0 Å². The Morgan fingerprint density at radius 1 is 1.10 bits per heavy atom. The van der Waals surface area contributed by atoms with Crippen molar-refractivity contribution in [3.05, 3.63) is 66.0 Å². The topological polar surface area (TPSA) is 24.1 Å². The van der Waals surface area contributed by atoms with Gasteiger partial charge in [-0.25, -0.2) is 4.39 Å². The first-order valence-corrected chi connectivity index (χ1v) is 6.91. The normalized spacial score (nSPS) is 11.7. The van der Waals surface area contributed by atoms with E-state index in [4.69, 9.17) is 12.2 Å². The van der Waals surface area contributed by atoms with Gasteiger partial charge in [0.2, 0.25) is 0 Å². The summed E-state index contributed by atoms with van der Waals surface area (Å²) in [4.78, 5) is 0. The number of anilines is 1. The minimum Gasteiger partial charge on any atom is -0.362 e. The molecule has 0 aliphatic rings. The quantitative estimate of drug-likeness (QED) is 0.834. The SMILES string of the molecule is C[C@H](CNC(=S)Nc1ccc(F)cc1)c1ccccc1. The fraction of sp³-hybridized carbons (Fsp3) is 0.188. The van der Waals surface area contributed by atoms with E-state index < -0.39 is 0 Å². The molecule has 104 valence electrons. The lowest BCUT2D eigenvalue weighted by atomic mass is 10.0. The van der Waals surface area contributed by atoms with Crippen molar-refractivity contribution in [2.75, 3.05) is 11.9 Å². The monoisotopic (exact) mass is 288 g/mol. The Bertz CT molecular complexity index is 554. The molecule has 2 rings (SSSR count). The van der Waals surface area contributed by atoms with Crippen LogP contribution in [0.25, 0.3) is 0 Å². The van der Waals surface area contributed by atoms with Crippen LogP contribution in [-0.2, 0) is 0 Å². The van der Waals surface area contributed by atoms with Crippen LogP contribution < -0.4 is 10.6 Å². The second-order valence-electron chi connectivity index (χ2n) is 4.65. The summed E-state index contributed by atoms with van der Waals surface area (Å²) < 4.78 is 12.8. The van der Waals surface area contributed by atoms with Crippen LogP contribution in [0.3, 0.4) is 0 Å². The van der Waals surface area contributed by atoms with Gasteiger partial charge in [-0.2, -0.15) is 0 Å². The summed E-state index contributed by atoms with van der Waals surface area (Å²) in [6.45, 7) is 2.89. The molecule has 1 atom stereocenters. The molecule has 20 heavy (non-hydrogen) atoms. The van der Waals surface area contributed by atoms with Gasteiger partial charge in [0.25, 0.3) is 0 Å². The lowest BCUT2D eigenvalue weighted by molar-refractivity contribution is 0.628. The Hall–Kier alpha value is -1.94. The summed E-state index contributed by atoms with van der Waals surface area (Å²) in [5, 5.41) is 6.74. The van der Waals surface area contributed by atoms with E-state index in [-0.39, 0.29) is 5.82 Å². The molecule has 0 amide bonds. The highest BCUT2D eigenvalue weighted by molar-refractivity contribution is 7.80. The highest BCUT2D eigenvalue weighted by Gasteiger charge is 2.05. The zero-order valence-electron chi connectivity index (χ0n) is 11.3. The van der Waals surface area contributed by atoms with Crippen LogP contribution in [0.2, 0.25) is 0 Å².